The molecule has 2 aromatic heterocycles. The molecule has 0 aliphatic carbocycles. The lowest BCUT2D eigenvalue weighted by Crippen LogP contribution is -2.37. The molecule has 1 amide bonds. The van der Waals surface area contributed by atoms with Gasteiger partial charge in [0.2, 0.25) is 5.91 Å². The molecule has 0 saturated carbocycles. The van der Waals surface area contributed by atoms with Crippen LogP contribution in [0.2, 0.25) is 0 Å². The zero-order valence-corrected chi connectivity index (χ0v) is 13.8. The fourth-order valence-corrected chi connectivity index (χ4v) is 2.69. The van der Waals surface area contributed by atoms with Crippen molar-refractivity contribution in [2.75, 3.05) is 12.3 Å². The van der Waals surface area contributed by atoms with E-state index in [1.165, 1.54) is 4.88 Å². The van der Waals surface area contributed by atoms with Crippen LogP contribution in [-0.4, -0.2) is 17.4 Å². The lowest BCUT2D eigenvalue weighted by atomic mass is 9.91. The van der Waals surface area contributed by atoms with Crippen LogP contribution in [0.4, 0.5) is 5.69 Å². The number of pyridine rings is 1. The third-order valence-electron chi connectivity index (χ3n) is 3.10. The van der Waals surface area contributed by atoms with Crippen molar-refractivity contribution in [2.24, 2.45) is 0 Å². The standard InChI is InChI=1S/C15H19N3OS.ClH/c1-15(2,13-4-3-7-20-13)10-18-14(19)8-12-6-5-11(16)9-17-12;/h3-7,9H,8,10,16H2,1-2H3,(H,18,19);1H. The summed E-state index contributed by atoms with van der Waals surface area (Å²) in [6, 6.07) is 7.66. The van der Waals surface area contributed by atoms with Crippen molar-refractivity contribution in [1.82, 2.24) is 10.3 Å². The highest BCUT2D eigenvalue weighted by Crippen LogP contribution is 2.26. The fourth-order valence-electron chi connectivity index (χ4n) is 1.84. The van der Waals surface area contributed by atoms with Crippen LogP contribution < -0.4 is 11.1 Å². The summed E-state index contributed by atoms with van der Waals surface area (Å²) >= 11 is 1.71. The van der Waals surface area contributed by atoms with Crippen LogP contribution in [0.5, 0.6) is 0 Å². The second-order valence-electron chi connectivity index (χ2n) is 5.40. The van der Waals surface area contributed by atoms with Crippen molar-refractivity contribution >= 4 is 35.3 Å². The highest BCUT2D eigenvalue weighted by molar-refractivity contribution is 7.10. The number of aromatic nitrogens is 1. The van der Waals surface area contributed by atoms with Crippen molar-refractivity contribution in [1.29, 1.82) is 0 Å². The highest BCUT2D eigenvalue weighted by atomic mass is 35.5. The number of halogens is 1. The number of nitrogens with two attached hydrogens (primary N) is 1. The van der Waals surface area contributed by atoms with E-state index in [0.29, 0.717) is 12.2 Å². The maximum atomic E-state index is 11.9. The van der Waals surface area contributed by atoms with E-state index in [-0.39, 0.29) is 30.2 Å². The summed E-state index contributed by atoms with van der Waals surface area (Å²) < 4.78 is 0. The number of hydrogen-bond acceptors (Lipinski definition) is 4. The number of nitrogens with zero attached hydrogens (tertiary/aromatic N) is 1. The normalized spacial score (nSPS) is 10.8. The van der Waals surface area contributed by atoms with Crippen molar-refractivity contribution in [3.8, 4) is 0 Å². The van der Waals surface area contributed by atoms with Gasteiger partial charge in [0.25, 0.3) is 0 Å². The first kappa shape index (κ1) is 17.5. The average Bonchev–Trinajstić information content (AvgIpc) is 2.94. The summed E-state index contributed by atoms with van der Waals surface area (Å²) in [7, 11) is 0. The smallest absolute Gasteiger partial charge is 0.226 e. The molecule has 114 valence electrons. The predicted molar refractivity (Wildman–Crippen MR) is 90.0 cm³/mol. The first-order chi connectivity index (χ1) is 9.47. The Labute approximate surface area is 135 Å². The molecule has 21 heavy (non-hydrogen) atoms. The molecule has 2 rings (SSSR count). The van der Waals surface area contributed by atoms with Gasteiger partial charge in [-0.15, -0.1) is 23.7 Å². The summed E-state index contributed by atoms with van der Waals surface area (Å²) in [5, 5.41) is 5.02. The maximum Gasteiger partial charge on any atom is 0.226 e. The van der Waals surface area contributed by atoms with Gasteiger partial charge in [-0.3, -0.25) is 9.78 Å². The van der Waals surface area contributed by atoms with Gasteiger partial charge in [0.15, 0.2) is 0 Å². The lowest BCUT2D eigenvalue weighted by molar-refractivity contribution is -0.120. The minimum Gasteiger partial charge on any atom is -0.397 e. The molecule has 4 nitrogen and oxygen atoms in total. The van der Waals surface area contributed by atoms with E-state index in [0.717, 1.165) is 5.69 Å². The van der Waals surface area contributed by atoms with E-state index in [4.69, 9.17) is 5.73 Å². The summed E-state index contributed by atoms with van der Waals surface area (Å²) in [5.41, 5.74) is 6.84. The van der Waals surface area contributed by atoms with E-state index in [2.05, 4.69) is 35.6 Å². The molecule has 0 saturated heterocycles. The molecule has 0 atom stereocenters. The minimum absolute atomic E-state index is 0. The highest BCUT2D eigenvalue weighted by Gasteiger charge is 2.22. The van der Waals surface area contributed by atoms with E-state index in [1.807, 2.05) is 6.07 Å². The van der Waals surface area contributed by atoms with Gasteiger partial charge in [-0.1, -0.05) is 19.9 Å². The Kier molecular flexibility index (Phi) is 6.18. The molecule has 3 N–H and O–H groups in total. The Bertz CT molecular complexity index is 567. The number of carbonyl (C=O) groups excluding carboxylic acids is 1. The van der Waals surface area contributed by atoms with Gasteiger partial charge < -0.3 is 11.1 Å². The SMILES string of the molecule is CC(C)(CNC(=O)Cc1ccc(N)cn1)c1cccs1.Cl. The molecular weight excluding hydrogens is 306 g/mol. The number of amides is 1. The Morgan fingerprint density at radius 1 is 1.38 bits per heavy atom. The molecule has 0 aliphatic rings. The van der Waals surface area contributed by atoms with Crippen LogP contribution in [-0.2, 0) is 16.6 Å². The third-order valence-corrected chi connectivity index (χ3v) is 4.34. The molecule has 0 fully saturated rings. The second-order valence-corrected chi connectivity index (χ2v) is 6.35. The van der Waals surface area contributed by atoms with Crippen molar-refractivity contribution in [2.45, 2.75) is 25.7 Å². The molecule has 0 unspecified atom stereocenters. The number of nitrogen functional groups attached to an aromatic ring is 1. The summed E-state index contributed by atoms with van der Waals surface area (Å²) in [5.74, 6) is -0.0214. The Morgan fingerprint density at radius 3 is 2.71 bits per heavy atom. The van der Waals surface area contributed by atoms with Gasteiger partial charge in [0.05, 0.1) is 18.3 Å². The van der Waals surface area contributed by atoms with Gasteiger partial charge >= 0.3 is 0 Å². The molecule has 0 bridgehead atoms. The molecule has 0 aromatic carbocycles. The van der Waals surface area contributed by atoms with Crippen molar-refractivity contribution in [3.05, 3.63) is 46.4 Å². The predicted octanol–water partition coefficient (Wildman–Crippen LogP) is 2.78. The van der Waals surface area contributed by atoms with Crippen LogP contribution in [0, 0.1) is 0 Å². The van der Waals surface area contributed by atoms with Gasteiger partial charge in [-0.25, -0.2) is 0 Å². The number of nitrogens with one attached hydrogen (secondary N) is 1. The Morgan fingerprint density at radius 2 is 2.14 bits per heavy atom. The Hall–Kier alpha value is -1.59. The van der Waals surface area contributed by atoms with Crippen LogP contribution >= 0.6 is 23.7 Å². The van der Waals surface area contributed by atoms with Gasteiger partial charge in [-0.2, -0.15) is 0 Å². The topological polar surface area (TPSA) is 68.0 Å². The van der Waals surface area contributed by atoms with Gasteiger partial charge in [-0.05, 0) is 23.6 Å². The van der Waals surface area contributed by atoms with Crippen molar-refractivity contribution < 1.29 is 4.79 Å². The maximum absolute atomic E-state index is 11.9. The zero-order chi connectivity index (χ0) is 14.6. The summed E-state index contributed by atoms with van der Waals surface area (Å²) in [6.07, 6.45) is 1.85. The molecule has 0 radical (unpaired) electrons. The molecule has 2 heterocycles. The largest absolute Gasteiger partial charge is 0.397 e. The molecule has 2 aromatic rings. The number of carbonyl (C=O) groups is 1. The van der Waals surface area contributed by atoms with Crippen LogP contribution in [0.25, 0.3) is 0 Å². The quantitative estimate of drug-likeness (QED) is 0.888. The lowest BCUT2D eigenvalue weighted by Gasteiger charge is -2.23. The van der Waals surface area contributed by atoms with E-state index >= 15 is 0 Å². The molecule has 6 heteroatoms. The van der Waals surface area contributed by atoms with Crippen LogP contribution in [0.1, 0.15) is 24.4 Å². The van der Waals surface area contributed by atoms with Gasteiger partial charge in [0, 0.05) is 22.5 Å². The number of anilines is 1. The molecule has 0 aliphatic heterocycles. The van der Waals surface area contributed by atoms with E-state index in [9.17, 15) is 4.79 Å². The third kappa shape index (κ3) is 5.02. The fraction of sp³-hybridized carbons (Fsp3) is 0.333. The second kappa shape index (κ2) is 7.43. The first-order valence-corrected chi connectivity index (χ1v) is 7.36. The molecular formula is C15H20ClN3OS. The summed E-state index contributed by atoms with van der Waals surface area (Å²) in [6.45, 7) is 4.86. The minimum atomic E-state index is -0.0572. The monoisotopic (exact) mass is 325 g/mol. The van der Waals surface area contributed by atoms with E-state index < -0.39 is 0 Å². The number of hydrogen-bond donors (Lipinski definition) is 2. The first-order valence-electron chi connectivity index (χ1n) is 6.48. The van der Waals surface area contributed by atoms with Crippen LogP contribution in [0.3, 0.4) is 0 Å². The zero-order valence-electron chi connectivity index (χ0n) is 12.1. The number of thiophene rings is 1. The molecule has 0 spiro atoms. The van der Waals surface area contributed by atoms with Crippen LogP contribution in [0.15, 0.2) is 35.8 Å². The van der Waals surface area contributed by atoms with Crippen molar-refractivity contribution in [3.63, 3.8) is 0 Å². The van der Waals surface area contributed by atoms with Gasteiger partial charge in [0.1, 0.15) is 0 Å². The summed E-state index contributed by atoms with van der Waals surface area (Å²) in [4.78, 5) is 17.3. The Balaban J connectivity index is 0.00000220. The van der Waals surface area contributed by atoms with E-state index in [1.54, 1.807) is 29.7 Å². The average molecular weight is 326 g/mol. The number of rotatable bonds is 5.